The summed E-state index contributed by atoms with van der Waals surface area (Å²) in [6.07, 6.45) is -0.00679. The molecular weight excluding hydrogens is 254 g/mol. The number of hydrogen-bond acceptors (Lipinski definition) is 4. The molecule has 0 aromatic heterocycles. The van der Waals surface area contributed by atoms with Gasteiger partial charge in [-0.3, -0.25) is 0 Å². The molecule has 1 atom stereocenters. The van der Waals surface area contributed by atoms with E-state index >= 15 is 0 Å². The molecule has 1 heterocycles. The summed E-state index contributed by atoms with van der Waals surface area (Å²) in [5.74, 6) is 0. The molecule has 1 unspecified atom stereocenters. The molecule has 20 heavy (non-hydrogen) atoms. The van der Waals surface area contributed by atoms with Crippen molar-refractivity contribution in [3.63, 3.8) is 0 Å². The molecule has 1 aromatic rings. The summed E-state index contributed by atoms with van der Waals surface area (Å²) >= 11 is 0. The normalized spacial score (nSPS) is 23.3. The monoisotopic (exact) mass is 277 g/mol. The van der Waals surface area contributed by atoms with Gasteiger partial charge in [0.25, 0.3) is 0 Å². The van der Waals surface area contributed by atoms with Crippen molar-refractivity contribution in [2.24, 2.45) is 0 Å². The Balaban J connectivity index is 1.86. The van der Waals surface area contributed by atoms with Gasteiger partial charge in [0, 0.05) is 12.0 Å². The third-order valence-corrected chi connectivity index (χ3v) is 3.60. The predicted molar refractivity (Wildman–Crippen MR) is 77.4 cm³/mol. The first-order valence-corrected chi connectivity index (χ1v) is 6.95. The molecule has 0 bridgehead atoms. The first-order valence-electron chi connectivity index (χ1n) is 6.95. The van der Waals surface area contributed by atoms with E-state index in [-0.39, 0.29) is 23.8 Å². The Morgan fingerprint density at radius 3 is 2.45 bits per heavy atom. The molecule has 4 nitrogen and oxygen atoms in total. The third-order valence-electron chi connectivity index (χ3n) is 3.60. The summed E-state index contributed by atoms with van der Waals surface area (Å²) < 4.78 is 10.6. The number of carbonyl (C=O) groups excluding carboxylic acids is 1. The highest BCUT2D eigenvalue weighted by Crippen LogP contribution is 2.32. The Bertz CT molecular complexity index is 468. The number of ether oxygens (including phenoxy) is 2. The lowest BCUT2D eigenvalue weighted by molar-refractivity contribution is 0.00247. The lowest BCUT2D eigenvalue weighted by Crippen LogP contribution is -2.47. The van der Waals surface area contributed by atoms with Crippen molar-refractivity contribution in [1.29, 1.82) is 0 Å². The van der Waals surface area contributed by atoms with Crippen molar-refractivity contribution < 1.29 is 14.3 Å². The molecular formula is C16H23NO3. The van der Waals surface area contributed by atoms with Crippen LogP contribution in [0.2, 0.25) is 0 Å². The number of benzene rings is 1. The highest BCUT2D eigenvalue weighted by Gasteiger charge is 2.46. The average Bonchev–Trinajstić information content (AvgIpc) is 2.56. The smallest absolute Gasteiger partial charge is 0.429 e. The van der Waals surface area contributed by atoms with Gasteiger partial charge in [-0.05, 0) is 33.3 Å². The summed E-state index contributed by atoms with van der Waals surface area (Å²) in [6.45, 7) is 8.53. The Morgan fingerprint density at radius 1 is 1.25 bits per heavy atom. The Labute approximate surface area is 120 Å². The van der Waals surface area contributed by atoms with E-state index in [0.717, 1.165) is 12.0 Å². The SMILES string of the molecule is CC1(C)CC(OC(=O)OCc2ccccc2)C(C)(C)N1. The van der Waals surface area contributed by atoms with Gasteiger partial charge in [-0.1, -0.05) is 30.3 Å². The van der Waals surface area contributed by atoms with Gasteiger partial charge in [-0.25, -0.2) is 4.79 Å². The van der Waals surface area contributed by atoms with E-state index in [4.69, 9.17) is 9.47 Å². The molecule has 2 rings (SSSR count). The van der Waals surface area contributed by atoms with Gasteiger partial charge >= 0.3 is 6.16 Å². The maximum absolute atomic E-state index is 11.8. The lowest BCUT2D eigenvalue weighted by Gasteiger charge is -2.27. The van der Waals surface area contributed by atoms with E-state index in [2.05, 4.69) is 19.2 Å². The summed E-state index contributed by atoms with van der Waals surface area (Å²) in [7, 11) is 0. The number of rotatable bonds is 3. The molecule has 1 N–H and O–H groups in total. The topological polar surface area (TPSA) is 47.6 Å². The highest BCUT2D eigenvalue weighted by molar-refractivity contribution is 5.60. The minimum Gasteiger partial charge on any atom is -0.429 e. The largest absolute Gasteiger partial charge is 0.508 e. The molecule has 110 valence electrons. The van der Waals surface area contributed by atoms with Crippen LogP contribution in [0.5, 0.6) is 0 Å². The number of hydrogen-bond donors (Lipinski definition) is 1. The third kappa shape index (κ3) is 3.73. The van der Waals surface area contributed by atoms with Crippen molar-refractivity contribution >= 4 is 6.16 Å². The quantitative estimate of drug-likeness (QED) is 0.861. The van der Waals surface area contributed by atoms with Crippen LogP contribution in [0.25, 0.3) is 0 Å². The van der Waals surface area contributed by atoms with Crippen LogP contribution in [0, 0.1) is 0 Å². The van der Waals surface area contributed by atoms with E-state index in [1.807, 2.05) is 44.2 Å². The fourth-order valence-electron chi connectivity index (χ4n) is 2.78. The van der Waals surface area contributed by atoms with E-state index in [9.17, 15) is 4.79 Å². The molecule has 1 fully saturated rings. The summed E-state index contributed by atoms with van der Waals surface area (Å²) in [5.41, 5.74) is 0.678. The van der Waals surface area contributed by atoms with Crippen LogP contribution in [0.4, 0.5) is 4.79 Å². The van der Waals surface area contributed by atoms with E-state index in [0.29, 0.717) is 0 Å². The van der Waals surface area contributed by atoms with Gasteiger partial charge in [0.05, 0.1) is 5.54 Å². The predicted octanol–water partition coefficient (Wildman–Crippen LogP) is 3.26. The van der Waals surface area contributed by atoms with Crippen LogP contribution < -0.4 is 5.32 Å². The second-order valence-corrected chi connectivity index (χ2v) is 6.57. The summed E-state index contributed by atoms with van der Waals surface area (Å²) in [5, 5.41) is 3.47. The zero-order valence-electron chi connectivity index (χ0n) is 12.6. The molecule has 0 aliphatic carbocycles. The summed E-state index contributed by atoms with van der Waals surface area (Å²) in [4.78, 5) is 11.8. The molecule has 0 saturated carbocycles. The van der Waals surface area contributed by atoms with Gasteiger partial charge in [0.2, 0.25) is 0 Å². The fourth-order valence-corrected chi connectivity index (χ4v) is 2.78. The second-order valence-electron chi connectivity index (χ2n) is 6.57. The standard InChI is InChI=1S/C16H23NO3/c1-15(2)10-13(16(3,4)17-15)20-14(18)19-11-12-8-6-5-7-9-12/h5-9,13,17H,10-11H2,1-4H3. The molecule has 0 radical (unpaired) electrons. The molecule has 1 aromatic carbocycles. The van der Waals surface area contributed by atoms with E-state index in [1.54, 1.807) is 0 Å². The average molecular weight is 277 g/mol. The molecule has 1 aliphatic rings. The molecule has 0 spiro atoms. The van der Waals surface area contributed by atoms with Gasteiger partial charge in [-0.2, -0.15) is 0 Å². The number of nitrogens with one attached hydrogen (secondary N) is 1. The van der Waals surface area contributed by atoms with Gasteiger partial charge in [0.1, 0.15) is 12.7 Å². The maximum Gasteiger partial charge on any atom is 0.508 e. The fraction of sp³-hybridized carbons (Fsp3) is 0.562. The minimum atomic E-state index is -0.605. The minimum absolute atomic E-state index is 0.0339. The van der Waals surface area contributed by atoms with Crippen LogP contribution in [0.1, 0.15) is 39.7 Å². The number of carbonyl (C=O) groups is 1. The van der Waals surface area contributed by atoms with Crippen LogP contribution in [-0.4, -0.2) is 23.3 Å². The molecule has 4 heteroatoms. The highest BCUT2D eigenvalue weighted by atomic mass is 16.7. The maximum atomic E-state index is 11.8. The Kier molecular flexibility index (Phi) is 4.04. The first kappa shape index (κ1) is 14.9. The van der Waals surface area contributed by atoms with E-state index in [1.165, 1.54) is 0 Å². The Hall–Kier alpha value is -1.55. The molecule has 0 amide bonds. The van der Waals surface area contributed by atoms with Gasteiger partial charge < -0.3 is 14.8 Å². The van der Waals surface area contributed by atoms with Crippen molar-refractivity contribution in [1.82, 2.24) is 5.32 Å². The van der Waals surface area contributed by atoms with Gasteiger partial charge in [0.15, 0.2) is 0 Å². The molecule has 1 aliphatic heterocycles. The van der Waals surface area contributed by atoms with Crippen LogP contribution in [-0.2, 0) is 16.1 Å². The zero-order chi connectivity index (χ0) is 14.8. The summed E-state index contributed by atoms with van der Waals surface area (Å²) in [6, 6.07) is 9.58. The van der Waals surface area contributed by atoms with Gasteiger partial charge in [-0.15, -0.1) is 0 Å². The van der Waals surface area contributed by atoms with Crippen molar-refractivity contribution in [3.05, 3.63) is 35.9 Å². The molecule has 1 saturated heterocycles. The lowest BCUT2D eigenvalue weighted by atomic mass is 9.97. The van der Waals surface area contributed by atoms with E-state index < -0.39 is 6.16 Å². The van der Waals surface area contributed by atoms with Crippen molar-refractivity contribution in [2.75, 3.05) is 0 Å². The first-order chi connectivity index (χ1) is 9.28. The Morgan fingerprint density at radius 2 is 1.90 bits per heavy atom. The van der Waals surface area contributed by atoms with Crippen LogP contribution >= 0.6 is 0 Å². The van der Waals surface area contributed by atoms with Crippen molar-refractivity contribution in [3.8, 4) is 0 Å². The van der Waals surface area contributed by atoms with Crippen molar-refractivity contribution in [2.45, 2.75) is 57.9 Å². The van der Waals surface area contributed by atoms with Crippen LogP contribution in [0.15, 0.2) is 30.3 Å². The van der Waals surface area contributed by atoms with Crippen LogP contribution in [0.3, 0.4) is 0 Å². The zero-order valence-corrected chi connectivity index (χ0v) is 12.6. The second kappa shape index (κ2) is 5.44.